The number of aromatic nitrogens is 2. The Balaban J connectivity index is 1.73. The molecule has 0 atom stereocenters. The van der Waals surface area contributed by atoms with Crippen LogP contribution in [0.1, 0.15) is 25.3 Å². The number of hydrogen-bond donors (Lipinski definition) is 0. The molecule has 2 aromatic carbocycles. The van der Waals surface area contributed by atoms with E-state index in [0.29, 0.717) is 23.6 Å². The molecule has 128 valence electrons. The van der Waals surface area contributed by atoms with Gasteiger partial charge in [-0.1, -0.05) is 19.1 Å². The van der Waals surface area contributed by atoms with Gasteiger partial charge >= 0.3 is 5.97 Å². The number of nitriles is 1. The first-order valence-corrected chi connectivity index (χ1v) is 8.33. The quantitative estimate of drug-likeness (QED) is 0.507. The molecule has 3 rings (SSSR count). The van der Waals surface area contributed by atoms with Crippen molar-refractivity contribution in [1.82, 2.24) is 9.97 Å². The number of hydrogen-bond acceptors (Lipinski definition) is 5. The first-order valence-electron chi connectivity index (χ1n) is 8.33. The van der Waals surface area contributed by atoms with Gasteiger partial charge in [0.25, 0.3) is 0 Å². The van der Waals surface area contributed by atoms with Crippen molar-refractivity contribution >= 4 is 5.97 Å². The van der Waals surface area contributed by atoms with Gasteiger partial charge in [-0.15, -0.1) is 0 Å². The second-order valence-electron chi connectivity index (χ2n) is 5.73. The van der Waals surface area contributed by atoms with Crippen LogP contribution in [0.4, 0.5) is 0 Å². The van der Waals surface area contributed by atoms with Crippen molar-refractivity contribution < 1.29 is 9.53 Å². The van der Waals surface area contributed by atoms with Crippen LogP contribution in [0, 0.1) is 11.3 Å². The highest BCUT2D eigenvalue weighted by Gasteiger charge is 2.06. The average molecular weight is 343 g/mol. The predicted molar refractivity (Wildman–Crippen MR) is 98.2 cm³/mol. The zero-order valence-electron chi connectivity index (χ0n) is 14.3. The van der Waals surface area contributed by atoms with Crippen molar-refractivity contribution in [3.05, 3.63) is 66.5 Å². The van der Waals surface area contributed by atoms with Gasteiger partial charge in [-0.3, -0.25) is 4.79 Å². The van der Waals surface area contributed by atoms with E-state index in [9.17, 15) is 4.79 Å². The Bertz CT molecular complexity index is 925. The summed E-state index contributed by atoms with van der Waals surface area (Å²) in [4.78, 5) is 20.3. The van der Waals surface area contributed by atoms with Crippen LogP contribution in [-0.4, -0.2) is 15.9 Å². The van der Waals surface area contributed by atoms with Gasteiger partial charge in [0.15, 0.2) is 5.82 Å². The van der Waals surface area contributed by atoms with Crippen molar-refractivity contribution in [2.45, 2.75) is 19.8 Å². The molecule has 0 amide bonds. The highest BCUT2D eigenvalue weighted by Crippen LogP contribution is 2.23. The SMILES string of the molecule is CCCC(=O)Oc1ccc(-c2cnc(-c3ccc(C#N)cc3)nc2)cc1. The lowest BCUT2D eigenvalue weighted by Gasteiger charge is -2.06. The summed E-state index contributed by atoms with van der Waals surface area (Å²) in [7, 11) is 0. The van der Waals surface area contributed by atoms with E-state index in [1.165, 1.54) is 0 Å². The van der Waals surface area contributed by atoms with Crippen molar-refractivity contribution in [1.29, 1.82) is 5.26 Å². The summed E-state index contributed by atoms with van der Waals surface area (Å²) in [5, 5.41) is 8.85. The van der Waals surface area contributed by atoms with Gasteiger partial charge in [-0.2, -0.15) is 5.26 Å². The Labute approximate surface area is 151 Å². The minimum atomic E-state index is -0.227. The summed E-state index contributed by atoms with van der Waals surface area (Å²) in [6, 6.07) is 16.5. The molecule has 5 heteroatoms. The molecule has 0 saturated carbocycles. The van der Waals surface area contributed by atoms with Crippen LogP contribution in [0.15, 0.2) is 60.9 Å². The Hall–Kier alpha value is -3.52. The van der Waals surface area contributed by atoms with Crippen LogP contribution < -0.4 is 4.74 Å². The number of nitrogens with zero attached hydrogens (tertiary/aromatic N) is 3. The number of benzene rings is 2. The van der Waals surface area contributed by atoms with E-state index in [1.54, 1.807) is 36.7 Å². The molecule has 0 N–H and O–H groups in total. The molecule has 0 bridgehead atoms. The molecular formula is C21H17N3O2. The van der Waals surface area contributed by atoms with Gasteiger partial charge in [0, 0.05) is 29.9 Å². The molecule has 0 aliphatic rings. The summed E-state index contributed by atoms with van der Waals surface area (Å²) in [6.45, 7) is 1.94. The molecule has 1 heterocycles. The molecule has 3 aromatic rings. The number of carbonyl (C=O) groups is 1. The van der Waals surface area contributed by atoms with Crippen LogP contribution in [0.3, 0.4) is 0 Å². The number of esters is 1. The topological polar surface area (TPSA) is 75.9 Å². The molecule has 0 saturated heterocycles. The number of carbonyl (C=O) groups excluding carboxylic acids is 1. The molecule has 1 aromatic heterocycles. The zero-order chi connectivity index (χ0) is 18.4. The standard InChI is InChI=1S/C21H17N3O2/c1-2-3-20(25)26-19-10-8-16(9-11-19)18-13-23-21(24-14-18)17-6-4-15(12-22)5-7-17/h4-11,13-14H,2-3H2,1H3. The van der Waals surface area contributed by atoms with E-state index in [1.807, 2.05) is 31.2 Å². The van der Waals surface area contributed by atoms with E-state index in [0.717, 1.165) is 23.1 Å². The van der Waals surface area contributed by atoms with E-state index in [4.69, 9.17) is 10.00 Å². The first kappa shape index (κ1) is 17.3. The third-order valence-corrected chi connectivity index (χ3v) is 3.80. The van der Waals surface area contributed by atoms with E-state index < -0.39 is 0 Å². The lowest BCUT2D eigenvalue weighted by atomic mass is 10.1. The minimum absolute atomic E-state index is 0.227. The molecular weight excluding hydrogens is 326 g/mol. The van der Waals surface area contributed by atoms with E-state index in [-0.39, 0.29) is 5.97 Å². The van der Waals surface area contributed by atoms with Crippen molar-refractivity contribution in [2.75, 3.05) is 0 Å². The largest absolute Gasteiger partial charge is 0.427 e. The fourth-order valence-corrected chi connectivity index (χ4v) is 2.42. The van der Waals surface area contributed by atoms with Crippen molar-refractivity contribution in [3.8, 4) is 34.3 Å². The molecule has 0 aliphatic carbocycles. The molecule has 0 radical (unpaired) electrons. The van der Waals surface area contributed by atoms with Crippen molar-refractivity contribution in [2.24, 2.45) is 0 Å². The Morgan fingerprint density at radius 3 is 2.15 bits per heavy atom. The maximum atomic E-state index is 11.5. The molecule has 0 fully saturated rings. The monoisotopic (exact) mass is 343 g/mol. The lowest BCUT2D eigenvalue weighted by molar-refractivity contribution is -0.134. The maximum Gasteiger partial charge on any atom is 0.311 e. The lowest BCUT2D eigenvalue weighted by Crippen LogP contribution is -2.06. The van der Waals surface area contributed by atoms with Gasteiger partial charge in [0.1, 0.15) is 5.75 Å². The van der Waals surface area contributed by atoms with Crippen LogP contribution in [0.2, 0.25) is 0 Å². The van der Waals surface area contributed by atoms with E-state index >= 15 is 0 Å². The summed E-state index contributed by atoms with van der Waals surface area (Å²) in [5.74, 6) is 0.904. The second-order valence-corrected chi connectivity index (χ2v) is 5.73. The van der Waals surface area contributed by atoms with E-state index in [2.05, 4.69) is 16.0 Å². The highest BCUT2D eigenvalue weighted by molar-refractivity contribution is 5.73. The molecule has 0 spiro atoms. The van der Waals surface area contributed by atoms with Crippen molar-refractivity contribution in [3.63, 3.8) is 0 Å². The third-order valence-electron chi connectivity index (χ3n) is 3.80. The van der Waals surface area contributed by atoms with Gasteiger partial charge < -0.3 is 4.74 Å². The Morgan fingerprint density at radius 1 is 0.962 bits per heavy atom. The Morgan fingerprint density at radius 2 is 1.58 bits per heavy atom. The third kappa shape index (κ3) is 4.11. The molecule has 0 aliphatic heterocycles. The molecule has 5 nitrogen and oxygen atoms in total. The summed E-state index contributed by atoms with van der Waals surface area (Å²) in [5.41, 5.74) is 3.26. The highest BCUT2D eigenvalue weighted by atomic mass is 16.5. The van der Waals surface area contributed by atoms with Crippen LogP contribution in [0.5, 0.6) is 5.75 Å². The maximum absolute atomic E-state index is 11.5. The van der Waals surface area contributed by atoms with Gasteiger partial charge in [0.05, 0.1) is 11.6 Å². The fraction of sp³-hybridized carbons (Fsp3) is 0.143. The second kappa shape index (κ2) is 8.04. The minimum Gasteiger partial charge on any atom is -0.427 e. The molecule has 0 unspecified atom stereocenters. The summed E-state index contributed by atoms with van der Waals surface area (Å²) >= 11 is 0. The van der Waals surface area contributed by atoms with Crippen LogP contribution in [-0.2, 0) is 4.79 Å². The summed E-state index contributed by atoms with van der Waals surface area (Å²) < 4.78 is 5.25. The Kier molecular flexibility index (Phi) is 5.35. The zero-order valence-corrected chi connectivity index (χ0v) is 14.3. The number of ether oxygens (including phenoxy) is 1. The predicted octanol–water partition coefficient (Wildman–Crippen LogP) is 4.39. The van der Waals surface area contributed by atoms with Crippen LogP contribution >= 0.6 is 0 Å². The van der Waals surface area contributed by atoms with Gasteiger partial charge in [-0.25, -0.2) is 9.97 Å². The fourth-order valence-electron chi connectivity index (χ4n) is 2.42. The smallest absolute Gasteiger partial charge is 0.311 e. The van der Waals surface area contributed by atoms with Crippen LogP contribution in [0.25, 0.3) is 22.5 Å². The molecule has 26 heavy (non-hydrogen) atoms. The summed E-state index contributed by atoms with van der Waals surface area (Å²) in [6.07, 6.45) is 4.67. The van der Waals surface area contributed by atoms with Gasteiger partial charge in [0.2, 0.25) is 0 Å². The first-order chi connectivity index (χ1) is 12.7. The average Bonchev–Trinajstić information content (AvgIpc) is 2.69. The normalized spacial score (nSPS) is 10.2. The van der Waals surface area contributed by atoms with Gasteiger partial charge in [-0.05, 0) is 48.4 Å². The number of rotatable bonds is 5.